The summed E-state index contributed by atoms with van der Waals surface area (Å²) in [7, 11) is 0. The van der Waals surface area contributed by atoms with Crippen molar-refractivity contribution in [3.63, 3.8) is 0 Å². The fraction of sp³-hybridized carbons (Fsp3) is 0.429. The van der Waals surface area contributed by atoms with E-state index in [9.17, 15) is 18.4 Å². The van der Waals surface area contributed by atoms with Crippen LogP contribution in [0.5, 0.6) is 0 Å². The first kappa shape index (κ1) is 14.4. The van der Waals surface area contributed by atoms with Crippen LogP contribution in [0.25, 0.3) is 0 Å². The van der Waals surface area contributed by atoms with Crippen LogP contribution in [-0.4, -0.2) is 17.0 Å². The van der Waals surface area contributed by atoms with E-state index in [2.05, 4.69) is 5.32 Å². The lowest BCUT2D eigenvalue weighted by Gasteiger charge is -2.13. The molecule has 2 atom stereocenters. The number of hydrogen-bond donors (Lipinski definition) is 2. The molecule has 0 aliphatic heterocycles. The standard InChI is InChI=1S/C14H15F2NO3/c1-7-2-5-10(15)12(11(7)16)17-13(18)8-3-4-9(6-8)14(19)20/h2,5,8-9H,3-4,6H2,1H3,(H,17,18)(H,19,20)/t8-,9+/m1/s1. The summed E-state index contributed by atoms with van der Waals surface area (Å²) in [6.07, 6.45) is 1.03. The average molecular weight is 283 g/mol. The number of carboxylic acid groups (broad SMARTS) is 1. The first-order valence-electron chi connectivity index (χ1n) is 6.38. The van der Waals surface area contributed by atoms with Crippen molar-refractivity contribution in [2.24, 2.45) is 11.8 Å². The zero-order valence-corrected chi connectivity index (χ0v) is 11.0. The minimum atomic E-state index is -0.937. The number of hydrogen-bond acceptors (Lipinski definition) is 2. The Kier molecular flexibility index (Phi) is 4.01. The Bertz CT molecular complexity index is 560. The van der Waals surface area contributed by atoms with Crippen molar-refractivity contribution in [3.8, 4) is 0 Å². The van der Waals surface area contributed by atoms with Crippen molar-refractivity contribution < 1.29 is 23.5 Å². The van der Waals surface area contributed by atoms with Gasteiger partial charge in [0.25, 0.3) is 0 Å². The van der Waals surface area contributed by atoms with Crippen molar-refractivity contribution in [1.82, 2.24) is 0 Å². The van der Waals surface area contributed by atoms with E-state index < -0.39 is 41.0 Å². The topological polar surface area (TPSA) is 66.4 Å². The second-order valence-corrected chi connectivity index (χ2v) is 5.09. The Morgan fingerprint density at radius 3 is 2.50 bits per heavy atom. The van der Waals surface area contributed by atoms with Gasteiger partial charge >= 0.3 is 5.97 Å². The first-order chi connectivity index (χ1) is 9.40. The zero-order chi connectivity index (χ0) is 14.9. The Morgan fingerprint density at radius 2 is 1.90 bits per heavy atom. The normalized spacial score (nSPS) is 21.8. The number of carboxylic acids is 1. The highest BCUT2D eigenvalue weighted by Crippen LogP contribution is 2.32. The first-order valence-corrected chi connectivity index (χ1v) is 6.38. The van der Waals surface area contributed by atoms with Crippen LogP contribution < -0.4 is 5.32 Å². The fourth-order valence-electron chi connectivity index (χ4n) is 2.44. The van der Waals surface area contributed by atoms with Gasteiger partial charge in [-0.15, -0.1) is 0 Å². The summed E-state index contributed by atoms with van der Waals surface area (Å²) in [6.45, 7) is 1.47. The van der Waals surface area contributed by atoms with Crippen molar-refractivity contribution in [2.75, 3.05) is 5.32 Å². The number of aryl methyl sites for hydroxylation is 1. The summed E-state index contributed by atoms with van der Waals surface area (Å²) >= 11 is 0. The molecule has 1 aliphatic rings. The van der Waals surface area contributed by atoms with Crippen LogP contribution in [0.1, 0.15) is 24.8 Å². The number of carbonyl (C=O) groups is 2. The van der Waals surface area contributed by atoms with Crippen molar-refractivity contribution in [1.29, 1.82) is 0 Å². The molecule has 0 saturated heterocycles. The van der Waals surface area contributed by atoms with E-state index >= 15 is 0 Å². The molecule has 4 nitrogen and oxygen atoms in total. The summed E-state index contributed by atoms with van der Waals surface area (Å²) in [4.78, 5) is 22.8. The van der Waals surface area contributed by atoms with Gasteiger partial charge in [-0.2, -0.15) is 0 Å². The fourth-order valence-corrected chi connectivity index (χ4v) is 2.44. The van der Waals surface area contributed by atoms with Crippen LogP contribution in [0.4, 0.5) is 14.5 Å². The number of nitrogens with one attached hydrogen (secondary N) is 1. The molecule has 2 N–H and O–H groups in total. The highest BCUT2D eigenvalue weighted by Gasteiger charge is 2.34. The van der Waals surface area contributed by atoms with E-state index in [-0.39, 0.29) is 12.0 Å². The van der Waals surface area contributed by atoms with E-state index in [1.165, 1.54) is 13.0 Å². The highest BCUT2D eigenvalue weighted by molar-refractivity contribution is 5.93. The van der Waals surface area contributed by atoms with Gasteiger partial charge in [-0.25, -0.2) is 8.78 Å². The van der Waals surface area contributed by atoms with Gasteiger partial charge in [-0.3, -0.25) is 9.59 Å². The molecule has 1 aromatic rings. The molecule has 0 unspecified atom stereocenters. The van der Waals surface area contributed by atoms with E-state index in [4.69, 9.17) is 5.11 Å². The molecule has 0 heterocycles. The number of rotatable bonds is 3. The van der Waals surface area contributed by atoms with Gasteiger partial charge in [0.05, 0.1) is 5.92 Å². The molecule has 20 heavy (non-hydrogen) atoms. The molecule has 1 aliphatic carbocycles. The summed E-state index contributed by atoms with van der Waals surface area (Å²) in [5.74, 6) is -4.18. The second-order valence-electron chi connectivity index (χ2n) is 5.09. The van der Waals surface area contributed by atoms with Gasteiger partial charge in [0, 0.05) is 5.92 Å². The van der Waals surface area contributed by atoms with Crippen molar-refractivity contribution in [3.05, 3.63) is 29.3 Å². The molecule has 1 saturated carbocycles. The SMILES string of the molecule is Cc1ccc(F)c(NC(=O)[C@@H]2CC[C@H](C(=O)O)C2)c1F. The molecule has 6 heteroatoms. The van der Waals surface area contributed by atoms with Crippen molar-refractivity contribution in [2.45, 2.75) is 26.2 Å². The molecule has 0 bridgehead atoms. The van der Waals surface area contributed by atoms with Crippen LogP contribution in [0, 0.1) is 30.4 Å². The average Bonchev–Trinajstić information content (AvgIpc) is 2.89. The number of anilines is 1. The van der Waals surface area contributed by atoms with E-state index in [0.717, 1.165) is 6.07 Å². The van der Waals surface area contributed by atoms with Crippen LogP contribution >= 0.6 is 0 Å². The third-order valence-electron chi connectivity index (χ3n) is 3.69. The lowest BCUT2D eigenvalue weighted by Crippen LogP contribution is -2.23. The molecule has 0 radical (unpaired) electrons. The number of halogens is 2. The molecule has 0 aromatic heterocycles. The van der Waals surface area contributed by atoms with E-state index in [0.29, 0.717) is 12.8 Å². The predicted molar refractivity (Wildman–Crippen MR) is 68.2 cm³/mol. The predicted octanol–water partition coefficient (Wildman–Crippen LogP) is 2.71. The molecular formula is C14H15F2NO3. The quantitative estimate of drug-likeness (QED) is 0.896. The van der Waals surface area contributed by atoms with Crippen molar-refractivity contribution >= 4 is 17.6 Å². The largest absolute Gasteiger partial charge is 0.481 e. The van der Waals surface area contributed by atoms with Gasteiger partial charge in [0.1, 0.15) is 11.5 Å². The van der Waals surface area contributed by atoms with Gasteiger partial charge in [-0.05, 0) is 37.8 Å². The van der Waals surface area contributed by atoms with Crippen LogP contribution in [0.2, 0.25) is 0 Å². The summed E-state index contributed by atoms with van der Waals surface area (Å²) in [6, 6.07) is 2.37. The highest BCUT2D eigenvalue weighted by atomic mass is 19.1. The third-order valence-corrected chi connectivity index (χ3v) is 3.69. The maximum absolute atomic E-state index is 13.8. The van der Waals surface area contributed by atoms with Gasteiger partial charge in [0.15, 0.2) is 5.82 Å². The lowest BCUT2D eigenvalue weighted by atomic mass is 10.0. The Hall–Kier alpha value is -1.98. The monoisotopic (exact) mass is 283 g/mol. The maximum atomic E-state index is 13.8. The zero-order valence-electron chi connectivity index (χ0n) is 11.0. The molecule has 1 fully saturated rings. The molecule has 1 aromatic carbocycles. The number of benzene rings is 1. The molecule has 108 valence electrons. The summed E-state index contributed by atoms with van der Waals surface area (Å²) in [5, 5.41) is 11.1. The Morgan fingerprint density at radius 1 is 1.25 bits per heavy atom. The number of amides is 1. The third kappa shape index (κ3) is 2.79. The molecule has 1 amide bonds. The summed E-state index contributed by atoms with van der Waals surface area (Å²) in [5.41, 5.74) is -0.231. The lowest BCUT2D eigenvalue weighted by molar-refractivity contribution is -0.141. The number of carbonyl (C=O) groups excluding carboxylic acids is 1. The van der Waals surface area contributed by atoms with E-state index in [1.54, 1.807) is 0 Å². The minimum absolute atomic E-state index is 0.205. The smallest absolute Gasteiger partial charge is 0.306 e. The Balaban J connectivity index is 2.10. The minimum Gasteiger partial charge on any atom is -0.481 e. The van der Waals surface area contributed by atoms with Gasteiger partial charge in [0.2, 0.25) is 5.91 Å². The van der Waals surface area contributed by atoms with Gasteiger partial charge < -0.3 is 10.4 Å². The summed E-state index contributed by atoms with van der Waals surface area (Å²) < 4.78 is 27.3. The van der Waals surface area contributed by atoms with Crippen LogP contribution in [-0.2, 0) is 9.59 Å². The Labute approximate surface area is 114 Å². The van der Waals surface area contributed by atoms with Crippen LogP contribution in [0.3, 0.4) is 0 Å². The van der Waals surface area contributed by atoms with Crippen LogP contribution in [0.15, 0.2) is 12.1 Å². The molecule has 2 rings (SSSR count). The van der Waals surface area contributed by atoms with Gasteiger partial charge in [-0.1, -0.05) is 6.07 Å². The molecule has 0 spiro atoms. The van der Waals surface area contributed by atoms with E-state index in [1.807, 2.05) is 0 Å². The number of aliphatic carboxylic acids is 1. The maximum Gasteiger partial charge on any atom is 0.306 e. The molecular weight excluding hydrogens is 268 g/mol. The second kappa shape index (κ2) is 5.56.